The molecule has 12 heavy (non-hydrogen) atoms. The molecule has 0 spiro atoms. The summed E-state index contributed by atoms with van der Waals surface area (Å²) in [5, 5.41) is 9.02. The zero-order valence-corrected chi connectivity index (χ0v) is 9.21. The Hall–Kier alpha value is -0.520. The largest absolute Gasteiger partial charge is 1.00 e. The average molecular weight is 180 g/mol. The van der Waals surface area contributed by atoms with Gasteiger partial charge in [0.05, 0.1) is 7.11 Å². The van der Waals surface area contributed by atoms with E-state index in [1.807, 2.05) is 0 Å². The Morgan fingerprint density at radius 3 is 2.67 bits per heavy atom. The van der Waals surface area contributed by atoms with E-state index in [0.717, 1.165) is 0 Å². The SMILES string of the molecule is COc1c(O)nc(C)[nH]c1=O.[H-].[Na+]. The number of H-pyrrole nitrogens is 1. The van der Waals surface area contributed by atoms with Crippen molar-refractivity contribution >= 4 is 0 Å². The Morgan fingerprint density at radius 2 is 2.25 bits per heavy atom. The maximum Gasteiger partial charge on any atom is 1.00 e. The van der Waals surface area contributed by atoms with Crippen molar-refractivity contribution < 1.29 is 40.8 Å². The monoisotopic (exact) mass is 180 g/mol. The molecule has 0 aromatic carbocycles. The van der Waals surface area contributed by atoms with Crippen LogP contribution in [0.5, 0.6) is 11.6 Å². The fourth-order valence-electron chi connectivity index (χ4n) is 0.744. The third kappa shape index (κ3) is 2.23. The van der Waals surface area contributed by atoms with Crippen LogP contribution in [0, 0.1) is 6.92 Å². The molecule has 6 heteroatoms. The summed E-state index contributed by atoms with van der Waals surface area (Å²) in [7, 11) is 1.29. The normalized spacial score (nSPS) is 8.83. The van der Waals surface area contributed by atoms with E-state index < -0.39 is 5.56 Å². The molecule has 0 bridgehead atoms. The number of nitrogens with zero attached hydrogens (tertiary/aromatic N) is 1. The minimum absolute atomic E-state index is 0. The van der Waals surface area contributed by atoms with E-state index >= 15 is 0 Å². The Bertz CT molecular complexity index is 328. The van der Waals surface area contributed by atoms with Crippen LogP contribution in [0.4, 0.5) is 0 Å². The molecule has 0 saturated heterocycles. The second-order valence-electron chi connectivity index (χ2n) is 2.01. The molecule has 0 saturated carbocycles. The fraction of sp³-hybridized carbons (Fsp3) is 0.333. The van der Waals surface area contributed by atoms with Crippen molar-refractivity contribution in [2.75, 3.05) is 7.11 Å². The van der Waals surface area contributed by atoms with E-state index in [1.54, 1.807) is 6.92 Å². The van der Waals surface area contributed by atoms with Crippen molar-refractivity contribution in [1.82, 2.24) is 9.97 Å². The molecular formula is C6H9N2NaO3. The zero-order valence-electron chi connectivity index (χ0n) is 8.21. The Labute approximate surface area is 92.6 Å². The molecule has 0 unspecified atom stereocenters. The molecular weight excluding hydrogens is 171 g/mol. The van der Waals surface area contributed by atoms with Crippen molar-refractivity contribution in [1.29, 1.82) is 0 Å². The Balaban J connectivity index is 0. The van der Waals surface area contributed by atoms with Gasteiger partial charge in [-0.25, -0.2) is 0 Å². The maximum absolute atomic E-state index is 10.9. The number of rotatable bonds is 1. The van der Waals surface area contributed by atoms with Gasteiger partial charge >= 0.3 is 29.6 Å². The third-order valence-corrected chi connectivity index (χ3v) is 1.18. The van der Waals surface area contributed by atoms with Crippen LogP contribution in [0.1, 0.15) is 7.25 Å². The number of aromatic hydroxyl groups is 1. The van der Waals surface area contributed by atoms with E-state index in [4.69, 9.17) is 5.11 Å². The molecule has 1 aromatic heterocycles. The van der Waals surface area contributed by atoms with E-state index in [2.05, 4.69) is 14.7 Å². The van der Waals surface area contributed by atoms with Gasteiger partial charge in [0.1, 0.15) is 5.82 Å². The summed E-state index contributed by atoms with van der Waals surface area (Å²) in [4.78, 5) is 16.9. The second-order valence-corrected chi connectivity index (χ2v) is 2.01. The van der Waals surface area contributed by atoms with Gasteiger partial charge in [0.2, 0.25) is 5.75 Å². The minimum atomic E-state index is -0.475. The molecule has 0 aliphatic heterocycles. The summed E-state index contributed by atoms with van der Waals surface area (Å²) in [6, 6.07) is 0. The van der Waals surface area contributed by atoms with Gasteiger partial charge < -0.3 is 16.3 Å². The summed E-state index contributed by atoms with van der Waals surface area (Å²) < 4.78 is 4.57. The van der Waals surface area contributed by atoms with Crippen LogP contribution in [0.2, 0.25) is 0 Å². The molecule has 1 heterocycles. The van der Waals surface area contributed by atoms with Gasteiger partial charge in [0, 0.05) is 0 Å². The number of hydrogen-bond acceptors (Lipinski definition) is 4. The maximum atomic E-state index is 10.9. The summed E-state index contributed by atoms with van der Waals surface area (Å²) in [5.41, 5.74) is -0.475. The molecule has 0 radical (unpaired) electrons. The third-order valence-electron chi connectivity index (χ3n) is 1.18. The molecule has 1 rings (SSSR count). The molecule has 0 atom stereocenters. The van der Waals surface area contributed by atoms with E-state index in [0.29, 0.717) is 5.82 Å². The summed E-state index contributed by atoms with van der Waals surface area (Å²) >= 11 is 0. The van der Waals surface area contributed by atoms with Crippen LogP contribution in [-0.2, 0) is 0 Å². The number of nitrogens with one attached hydrogen (secondary N) is 1. The number of aromatic amines is 1. The van der Waals surface area contributed by atoms with Crippen molar-refractivity contribution in [2.45, 2.75) is 6.92 Å². The first-order valence-electron chi connectivity index (χ1n) is 2.99. The van der Waals surface area contributed by atoms with Gasteiger partial charge in [-0.3, -0.25) is 4.79 Å². The predicted molar refractivity (Wildman–Crippen MR) is 38.9 cm³/mol. The number of aryl methyl sites for hydroxylation is 1. The molecule has 1 aromatic rings. The second kappa shape index (κ2) is 4.49. The molecule has 0 fully saturated rings. The van der Waals surface area contributed by atoms with E-state index in [9.17, 15) is 4.79 Å². The van der Waals surface area contributed by atoms with Gasteiger partial charge in [0.15, 0.2) is 0 Å². The number of hydrogen-bond donors (Lipinski definition) is 2. The first-order valence-corrected chi connectivity index (χ1v) is 2.99. The molecule has 62 valence electrons. The van der Waals surface area contributed by atoms with Crippen LogP contribution < -0.4 is 39.9 Å². The van der Waals surface area contributed by atoms with Crippen molar-refractivity contribution in [3.8, 4) is 11.6 Å². The van der Waals surface area contributed by atoms with Crippen LogP contribution in [0.15, 0.2) is 4.79 Å². The average Bonchev–Trinajstić information content (AvgIpc) is 1.85. The van der Waals surface area contributed by atoms with Crippen LogP contribution >= 0.6 is 0 Å². The Morgan fingerprint density at radius 1 is 1.67 bits per heavy atom. The smallest absolute Gasteiger partial charge is 1.00 e. The van der Waals surface area contributed by atoms with Gasteiger partial charge in [-0.05, 0) is 6.92 Å². The van der Waals surface area contributed by atoms with Crippen molar-refractivity contribution in [2.24, 2.45) is 0 Å². The predicted octanol–water partition coefficient (Wildman–Crippen LogP) is -3.09. The van der Waals surface area contributed by atoms with Gasteiger partial charge in [-0.2, -0.15) is 4.98 Å². The number of ether oxygens (including phenoxy) is 1. The Kier molecular flexibility index (Phi) is 4.30. The summed E-state index contributed by atoms with van der Waals surface area (Å²) in [6.07, 6.45) is 0. The first-order chi connectivity index (χ1) is 5.15. The standard InChI is InChI=1S/C6H8N2O3.Na.H/c1-3-7-5(9)4(11-2)6(10)8-3;;/h1-2H3,(H2,7,8,9,10);;/q;+1;-1. The van der Waals surface area contributed by atoms with Gasteiger partial charge in [-0.15, -0.1) is 0 Å². The van der Waals surface area contributed by atoms with Crippen LogP contribution in [0.3, 0.4) is 0 Å². The zero-order chi connectivity index (χ0) is 8.43. The molecule has 0 amide bonds. The van der Waals surface area contributed by atoms with E-state index in [1.165, 1.54) is 7.11 Å². The van der Waals surface area contributed by atoms with E-state index in [-0.39, 0.29) is 42.6 Å². The summed E-state index contributed by atoms with van der Waals surface area (Å²) in [5.74, 6) is -0.183. The first kappa shape index (κ1) is 11.5. The summed E-state index contributed by atoms with van der Waals surface area (Å²) in [6.45, 7) is 1.57. The number of aromatic nitrogens is 2. The van der Waals surface area contributed by atoms with Crippen molar-refractivity contribution in [3.05, 3.63) is 16.2 Å². The van der Waals surface area contributed by atoms with Crippen LogP contribution in [0.25, 0.3) is 0 Å². The molecule has 0 aliphatic carbocycles. The number of methoxy groups -OCH3 is 1. The van der Waals surface area contributed by atoms with Crippen LogP contribution in [-0.4, -0.2) is 22.2 Å². The minimum Gasteiger partial charge on any atom is -1.00 e. The van der Waals surface area contributed by atoms with Gasteiger partial charge in [0.25, 0.3) is 11.4 Å². The fourth-order valence-corrected chi connectivity index (χ4v) is 0.744. The molecule has 5 nitrogen and oxygen atoms in total. The quantitative estimate of drug-likeness (QED) is 0.449. The molecule has 0 aliphatic rings. The molecule has 2 N–H and O–H groups in total. The topological polar surface area (TPSA) is 75.2 Å². The van der Waals surface area contributed by atoms with Crippen molar-refractivity contribution in [3.63, 3.8) is 0 Å². The van der Waals surface area contributed by atoms with Gasteiger partial charge in [-0.1, -0.05) is 0 Å².